The second-order valence-corrected chi connectivity index (χ2v) is 2.52. The van der Waals surface area contributed by atoms with Gasteiger partial charge in [0.2, 0.25) is 0 Å². The van der Waals surface area contributed by atoms with E-state index in [0.29, 0.717) is 5.56 Å². The molecule has 0 aliphatic heterocycles. The van der Waals surface area contributed by atoms with Crippen LogP contribution >= 0.6 is 0 Å². The average molecular weight is 163 g/mol. The van der Waals surface area contributed by atoms with Crippen LogP contribution in [0.4, 0.5) is 0 Å². The van der Waals surface area contributed by atoms with E-state index in [4.69, 9.17) is 4.74 Å². The molecule has 1 unspecified atom stereocenters. The highest BCUT2D eigenvalue weighted by Crippen LogP contribution is 2.03. The summed E-state index contributed by atoms with van der Waals surface area (Å²) in [6, 6.07) is 9.94. The number of benzene rings is 1. The molecule has 0 bridgehead atoms. The summed E-state index contributed by atoms with van der Waals surface area (Å²) in [6.45, 7) is 1.73. The Morgan fingerprint density at radius 3 is 2.83 bits per heavy atom. The third-order valence-electron chi connectivity index (χ3n) is 1.70. The minimum Gasteiger partial charge on any atom is -0.374 e. The topological polar surface area (TPSA) is 26.3 Å². The van der Waals surface area contributed by atoms with Gasteiger partial charge < -0.3 is 4.74 Å². The lowest BCUT2D eigenvalue weighted by atomic mass is 10.1. The molecule has 63 valence electrons. The number of ketones is 1. The maximum atomic E-state index is 11.4. The van der Waals surface area contributed by atoms with Crippen molar-refractivity contribution in [3.8, 4) is 0 Å². The fourth-order valence-corrected chi connectivity index (χ4v) is 0.873. The first-order valence-electron chi connectivity index (χ1n) is 3.79. The zero-order valence-corrected chi connectivity index (χ0v) is 7.20. The molecular formula is C10H11O2. The molecule has 12 heavy (non-hydrogen) atoms. The van der Waals surface area contributed by atoms with Crippen molar-refractivity contribution in [2.75, 3.05) is 7.11 Å². The van der Waals surface area contributed by atoms with Crippen LogP contribution in [0.25, 0.3) is 0 Å². The standard InChI is InChI=1S/C10H11O2/c1-8(12-2)10(11)9-6-4-3-5-7-9/h3-6,8H,1-2H3. The lowest BCUT2D eigenvalue weighted by Gasteiger charge is -2.06. The normalized spacial score (nSPS) is 12.5. The molecule has 1 radical (unpaired) electrons. The van der Waals surface area contributed by atoms with Crippen LogP contribution in [0.15, 0.2) is 24.3 Å². The monoisotopic (exact) mass is 163 g/mol. The fourth-order valence-electron chi connectivity index (χ4n) is 0.873. The third kappa shape index (κ3) is 1.92. The quantitative estimate of drug-likeness (QED) is 0.634. The molecular weight excluding hydrogens is 152 g/mol. The molecule has 1 atom stereocenters. The van der Waals surface area contributed by atoms with Crippen LogP contribution in [0.5, 0.6) is 0 Å². The second kappa shape index (κ2) is 4.02. The maximum absolute atomic E-state index is 11.4. The average Bonchev–Trinajstić information content (AvgIpc) is 2.17. The van der Waals surface area contributed by atoms with Gasteiger partial charge in [-0.1, -0.05) is 24.3 Å². The van der Waals surface area contributed by atoms with E-state index in [0.717, 1.165) is 0 Å². The van der Waals surface area contributed by atoms with Gasteiger partial charge in [0.15, 0.2) is 5.78 Å². The van der Waals surface area contributed by atoms with Crippen LogP contribution in [-0.4, -0.2) is 19.0 Å². The summed E-state index contributed by atoms with van der Waals surface area (Å²) in [6.07, 6.45) is -0.386. The summed E-state index contributed by atoms with van der Waals surface area (Å²) in [5, 5.41) is 0. The highest BCUT2D eigenvalue weighted by atomic mass is 16.5. The molecule has 0 fully saturated rings. The molecule has 1 aromatic carbocycles. The molecule has 0 N–H and O–H groups in total. The largest absolute Gasteiger partial charge is 0.374 e. The van der Waals surface area contributed by atoms with Crippen LogP contribution in [0.2, 0.25) is 0 Å². The number of hydrogen-bond acceptors (Lipinski definition) is 2. The molecule has 0 aliphatic rings. The Bertz CT molecular complexity index is 254. The SMILES string of the molecule is COC(C)C(=O)c1[c]cccc1. The zero-order valence-electron chi connectivity index (χ0n) is 7.20. The van der Waals surface area contributed by atoms with Crippen LogP contribution in [0.1, 0.15) is 17.3 Å². The van der Waals surface area contributed by atoms with Gasteiger partial charge in [-0.2, -0.15) is 0 Å². The van der Waals surface area contributed by atoms with E-state index in [1.807, 2.05) is 12.1 Å². The van der Waals surface area contributed by atoms with Crippen molar-refractivity contribution >= 4 is 5.78 Å². The third-order valence-corrected chi connectivity index (χ3v) is 1.70. The van der Waals surface area contributed by atoms with E-state index in [2.05, 4.69) is 6.07 Å². The second-order valence-electron chi connectivity index (χ2n) is 2.52. The van der Waals surface area contributed by atoms with Crippen molar-refractivity contribution in [2.45, 2.75) is 13.0 Å². The highest BCUT2D eigenvalue weighted by Gasteiger charge is 2.12. The van der Waals surface area contributed by atoms with Gasteiger partial charge >= 0.3 is 0 Å². The summed E-state index contributed by atoms with van der Waals surface area (Å²) in [7, 11) is 1.52. The predicted octanol–water partition coefficient (Wildman–Crippen LogP) is 1.70. The number of carbonyl (C=O) groups is 1. The van der Waals surface area contributed by atoms with Gasteiger partial charge in [-0.25, -0.2) is 0 Å². The molecule has 2 nitrogen and oxygen atoms in total. The Hall–Kier alpha value is -1.15. The molecule has 0 aromatic heterocycles. The maximum Gasteiger partial charge on any atom is 0.191 e. The van der Waals surface area contributed by atoms with Crippen molar-refractivity contribution in [1.82, 2.24) is 0 Å². The molecule has 0 aliphatic carbocycles. The van der Waals surface area contributed by atoms with Gasteiger partial charge in [-0.05, 0) is 13.0 Å². The van der Waals surface area contributed by atoms with Crippen molar-refractivity contribution in [1.29, 1.82) is 0 Å². The van der Waals surface area contributed by atoms with Crippen molar-refractivity contribution in [3.63, 3.8) is 0 Å². The number of hydrogen-bond donors (Lipinski definition) is 0. The number of Topliss-reactive ketones (excluding diaryl/α,β-unsaturated/α-hetero) is 1. The van der Waals surface area contributed by atoms with Crippen molar-refractivity contribution < 1.29 is 9.53 Å². The molecule has 0 saturated carbocycles. The highest BCUT2D eigenvalue weighted by molar-refractivity contribution is 5.98. The molecule has 0 saturated heterocycles. The Balaban J connectivity index is 2.79. The number of methoxy groups -OCH3 is 1. The van der Waals surface area contributed by atoms with Gasteiger partial charge in [-0.15, -0.1) is 0 Å². The predicted molar refractivity (Wildman–Crippen MR) is 46.1 cm³/mol. The van der Waals surface area contributed by atoms with E-state index >= 15 is 0 Å². The fraction of sp³-hybridized carbons (Fsp3) is 0.300. The molecule has 0 amide bonds. The Kier molecular flexibility index (Phi) is 3.00. The lowest BCUT2D eigenvalue weighted by molar-refractivity contribution is 0.0655. The van der Waals surface area contributed by atoms with Gasteiger partial charge in [0, 0.05) is 12.7 Å². The summed E-state index contributed by atoms with van der Waals surface area (Å²) in [4.78, 5) is 11.4. The van der Waals surface area contributed by atoms with E-state index in [9.17, 15) is 4.79 Å². The van der Waals surface area contributed by atoms with Crippen molar-refractivity contribution in [3.05, 3.63) is 35.9 Å². The summed E-state index contributed by atoms with van der Waals surface area (Å²) in [5.41, 5.74) is 0.576. The minimum atomic E-state index is -0.386. The van der Waals surface area contributed by atoms with E-state index in [1.54, 1.807) is 19.1 Å². The van der Waals surface area contributed by atoms with E-state index < -0.39 is 0 Å². The van der Waals surface area contributed by atoms with Gasteiger partial charge in [0.25, 0.3) is 0 Å². The smallest absolute Gasteiger partial charge is 0.191 e. The van der Waals surface area contributed by atoms with Crippen LogP contribution < -0.4 is 0 Å². The van der Waals surface area contributed by atoms with Crippen molar-refractivity contribution in [2.24, 2.45) is 0 Å². The van der Waals surface area contributed by atoms with E-state index in [1.165, 1.54) is 7.11 Å². The first-order chi connectivity index (χ1) is 5.75. The number of rotatable bonds is 3. The Morgan fingerprint density at radius 1 is 1.58 bits per heavy atom. The van der Waals surface area contributed by atoms with Gasteiger partial charge in [0.05, 0.1) is 0 Å². The molecule has 0 spiro atoms. The van der Waals surface area contributed by atoms with Gasteiger partial charge in [0.1, 0.15) is 6.10 Å². The molecule has 0 heterocycles. The van der Waals surface area contributed by atoms with Crippen LogP contribution in [0.3, 0.4) is 0 Å². The van der Waals surface area contributed by atoms with E-state index in [-0.39, 0.29) is 11.9 Å². The summed E-state index contributed by atoms with van der Waals surface area (Å²) >= 11 is 0. The summed E-state index contributed by atoms with van der Waals surface area (Å²) in [5.74, 6) is -0.0295. The number of ether oxygens (including phenoxy) is 1. The first-order valence-corrected chi connectivity index (χ1v) is 3.79. The van der Waals surface area contributed by atoms with Gasteiger partial charge in [-0.3, -0.25) is 4.79 Å². The van der Waals surface area contributed by atoms with Crippen LogP contribution in [0, 0.1) is 6.07 Å². The molecule has 2 heteroatoms. The molecule has 1 rings (SSSR count). The van der Waals surface area contributed by atoms with Crippen LogP contribution in [-0.2, 0) is 4.74 Å². The minimum absolute atomic E-state index is 0.0295. The molecule has 1 aromatic rings. The number of carbonyl (C=O) groups excluding carboxylic acids is 1. The Labute approximate surface area is 72.2 Å². The lowest BCUT2D eigenvalue weighted by Crippen LogP contribution is -2.18. The summed E-state index contributed by atoms with van der Waals surface area (Å²) < 4.78 is 4.90. The Morgan fingerprint density at radius 2 is 2.33 bits per heavy atom. The first kappa shape index (κ1) is 8.94. The zero-order chi connectivity index (χ0) is 8.97.